The van der Waals surface area contributed by atoms with E-state index in [1.165, 1.54) is 11.3 Å². The van der Waals surface area contributed by atoms with Crippen molar-refractivity contribution in [2.45, 2.75) is 32.4 Å². The van der Waals surface area contributed by atoms with Gasteiger partial charge in [-0.3, -0.25) is 4.79 Å². The van der Waals surface area contributed by atoms with Crippen molar-refractivity contribution in [2.75, 3.05) is 0 Å². The van der Waals surface area contributed by atoms with Crippen molar-refractivity contribution in [3.8, 4) is 0 Å². The van der Waals surface area contributed by atoms with Crippen LogP contribution in [0.25, 0.3) is 0 Å². The molecule has 15 heavy (non-hydrogen) atoms. The lowest BCUT2D eigenvalue weighted by Gasteiger charge is -2.15. The number of amides is 1. The average Bonchev–Trinajstić information content (AvgIpc) is 2.63. The molecule has 0 radical (unpaired) electrons. The van der Waals surface area contributed by atoms with Gasteiger partial charge in [-0.2, -0.15) is 0 Å². The maximum atomic E-state index is 11.5. The van der Waals surface area contributed by atoms with Crippen LogP contribution < -0.4 is 11.1 Å². The smallest absolute Gasteiger partial charge is 0.237 e. The highest BCUT2D eigenvalue weighted by molar-refractivity contribution is 7.16. The lowest BCUT2D eigenvalue weighted by Crippen LogP contribution is -2.40. The summed E-state index contributed by atoms with van der Waals surface area (Å²) in [6.45, 7) is 3.80. The van der Waals surface area contributed by atoms with Crippen LogP contribution in [0.4, 0.5) is 0 Å². The summed E-state index contributed by atoms with van der Waals surface area (Å²) in [5.41, 5.74) is 5.61. The Morgan fingerprint density at radius 1 is 1.67 bits per heavy atom. The van der Waals surface area contributed by atoms with Crippen molar-refractivity contribution in [1.82, 2.24) is 5.32 Å². The van der Waals surface area contributed by atoms with Gasteiger partial charge in [0.1, 0.15) is 0 Å². The number of carbonyl (C=O) groups is 1. The summed E-state index contributed by atoms with van der Waals surface area (Å²) in [5.74, 6) is -0.116. The molecule has 1 amide bonds. The minimum Gasteiger partial charge on any atom is -0.347 e. The van der Waals surface area contributed by atoms with Crippen LogP contribution in [0, 0.1) is 0 Å². The fourth-order valence-corrected chi connectivity index (χ4v) is 2.20. The Morgan fingerprint density at radius 2 is 2.33 bits per heavy atom. The number of carbonyl (C=O) groups excluding carboxylic acids is 1. The van der Waals surface area contributed by atoms with E-state index in [1.807, 2.05) is 26.0 Å². The van der Waals surface area contributed by atoms with Crippen LogP contribution in [-0.4, -0.2) is 11.9 Å². The topological polar surface area (TPSA) is 55.1 Å². The van der Waals surface area contributed by atoms with Gasteiger partial charge in [-0.15, -0.1) is 11.3 Å². The molecule has 3 nitrogen and oxygen atoms in total. The molecule has 0 aliphatic rings. The molecule has 1 rings (SSSR count). The van der Waals surface area contributed by atoms with E-state index in [9.17, 15) is 4.79 Å². The maximum absolute atomic E-state index is 11.5. The summed E-state index contributed by atoms with van der Waals surface area (Å²) in [7, 11) is 0. The van der Waals surface area contributed by atoms with E-state index in [0.29, 0.717) is 6.42 Å². The summed E-state index contributed by atoms with van der Waals surface area (Å²) in [6, 6.07) is 3.27. The van der Waals surface area contributed by atoms with Gasteiger partial charge in [0.25, 0.3) is 0 Å². The van der Waals surface area contributed by atoms with Gasteiger partial charge in [0.05, 0.1) is 16.4 Å². The molecule has 0 saturated heterocycles. The van der Waals surface area contributed by atoms with E-state index in [4.69, 9.17) is 17.3 Å². The molecule has 84 valence electrons. The molecule has 5 heteroatoms. The molecule has 0 saturated carbocycles. The number of hydrogen-bond acceptors (Lipinski definition) is 3. The molecule has 0 bridgehead atoms. The summed E-state index contributed by atoms with van der Waals surface area (Å²) in [5, 5.41) is 2.85. The second-order valence-electron chi connectivity index (χ2n) is 3.39. The fourth-order valence-electron chi connectivity index (χ4n) is 1.14. The first-order valence-corrected chi connectivity index (χ1v) is 6.05. The van der Waals surface area contributed by atoms with E-state index in [1.54, 1.807) is 0 Å². The molecule has 3 N–H and O–H groups in total. The first kappa shape index (κ1) is 12.5. The molecule has 0 spiro atoms. The third kappa shape index (κ3) is 3.48. The predicted octanol–water partition coefficient (Wildman–Crippen LogP) is 2.32. The van der Waals surface area contributed by atoms with Crippen LogP contribution >= 0.6 is 22.9 Å². The number of halogens is 1. The Hall–Kier alpha value is -0.580. The van der Waals surface area contributed by atoms with Gasteiger partial charge in [0, 0.05) is 4.88 Å². The molecule has 0 aromatic carbocycles. The summed E-state index contributed by atoms with van der Waals surface area (Å²) in [6.07, 6.45) is 0.643. The molecule has 1 heterocycles. The van der Waals surface area contributed by atoms with Crippen molar-refractivity contribution in [3.63, 3.8) is 0 Å². The van der Waals surface area contributed by atoms with E-state index in [-0.39, 0.29) is 11.9 Å². The first-order valence-electron chi connectivity index (χ1n) is 4.85. The van der Waals surface area contributed by atoms with Gasteiger partial charge >= 0.3 is 0 Å². The highest BCUT2D eigenvalue weighted by Crippen LogP contribution is 2.26. The first-order chi connectivity index (χ1) is 7.04. The monoisotopic (exact) mass is 246 g/mol. The second-order valence-corrected chi connectivity index (χ2v) is 5.13. The lowest BCUT2D eigenvalue weighted by molar-refractivity contribution is -0.123. The van der Waals surface area contributed by atoms with Gasteiger partial charge in [0.15, 0.2) is 0 Å². The van der Waals surface area contributed by atoms with Crippen LogP contribution in [-0.2, 0) is 4.79 Å². The molecule has 1 aromatic heterocycles. The number of nitrogens with two attached hydrogens (primary N) is 1. The fraction of sp³-hybridized carbons (Fsp3) is 0.500. The third-order valence-corrected chi connectivity index (χ3v) is 3.57. The quantitative estimate of drug-likeness (QED) is 0.857. The Labute approximate surface area is 98.6 Å². The van der Waals surface area contributed by atoms with Crippen LogP contribution in [0.15, 0.2) is 12.1 Å². The number of rotatable bonds is 4. The summed E-state index contributed by atoms with van der Waals surface area (Å²) in [4.78, 5) is 12.5. The normalized spacial score (nSPS) is 14.7. The number of hydrogen-bond donors (Lipinski definition) is 2. The third-order valence-electron chi connectivity index (χ3n) is 2.16. The van der Waals surface area contributed by atoms with Gasteiger partial charge in [-0.05, 0) is 25.5 Å². The van der Waals surface area contributed by atoms with Gasteiger partial charge < -0.3 is 11.1 Å². The zero-order valence-corrected chi connectivity index (χ0v) is 10.4. The Balaban J connectivity index is 2.56. The Kier molecular flexibility index (Phi) is 4.57. The molecule has 0 fully saturated rings. The molecular formula is C10H15ClN2OS. The highest BCUT2D eigenvalue weighted by Gasteiger charge is 2.15. The van der Waals surface area contributed by atoms with Crippen LogP contribution in [0.1, 0.15) is 31.2 Å². The summed E-state index contributed by atoms with van der Waals surface area (Å²) >= 11 is 7.28. The second kappa shape index (κ2) is 5.49. The van der Waals surface area contributed by atoms with E-state index < -0.39 is 6.04 Å². The molecule has 2 atom stereocenters. The summed E-state index contributed by atoms with van der Waals surface area (Å²) < 4.78 is 0.728. The van der Waals surface area contributed by atoms with Crippen LogP contribution in [0.5, 0.6) is 0 Å². The zero-order valence-electron chi connectivity index (χ0n) is 8.79. The molecule has 0 aliphatic heterocycles. The predicted molar refractivity (Wildman–Crippen MR) is 64.2 cm³/mol. The zero-order chi connectivity index (χ0) is 11.4. The average molecular weight is 247 g/mol. The SMILES string of the molecule is CC[C@@H](N)C(=O)N[C@H](C)c1ccc(Cl)s1. The van der Waals surface area contributed by atoms with Gasteiger partial charge in [-0.25, -0.2) is 0 Å². The number of nitrogens with one attached hydrogen (secondary N) is 1. The minimum atomic E-state index is -0.428. The highest BCUT2D eigenvalue weighted by atomic mass is 35.5. The van der Waals surface area contributed by atoms with E-state index in [2.05, 4.69) is 5.32 Å². The Morgan fingerprint density at radius 3 is 2.80 bits per heavy atom. The van der Waals surface area contributed by atoms with Crippen LogP contribution in [0.3, 0.4) is 0 Å². The lowest BCUT2D eigenvalue weighted by atomic mass is 10.2. The van der Waals surface area contributed by atoms with Crippen molar-refractivity contribution in [1.29, 1.82) is 0 Å². The van der Waals surface area contributed by atoms with Crippen LogP contribution in [0.2, 0.25) is 4.34 Å². The van der Waals surface area contributed by atoms with E-state index >= 15 is 0 Å². The van der Waals surface area contributed by atoms with Gasteiger partial charge in [-0.1, -0.05) is 18.5 Å². The van der Waals surface area contributed by atoms with Crippen molar-refractivity contribution >= 4 is 28.8 Å². The molecule has 0 aliphatic carbocycles. The maximum Gasteiger partial charge on any atom is 0.237 e. The minimum absolute atomic E-state index is 0.0346. The molecule has 0 unspecified atom stereocenters. The Bertz CT molecular complexity index is 340. The van der Waals surface area contributed by atoms with Gasteiger partial charge in [0.2, 0.25) is 5.91 Å². The van der Waals surface area contributed by atoms with Crippen molar-refractivity contribution < 1.29 is 4.79 Å². The largest absolute Gasteiger partial charge is 0.347 e. The standard InChI is InChI=1S/C10H15ClN2OS/c1-3-7(12)10(14)13-6(2)8-4-5-9(11)15-8/h4-7H,3,12H2,1-2H3,(H,13,14)/t6-,7-/m1/s1. The van der Waals surface area contributed by atoms with E-state index in [0.717, 1.165) is 9.21 Å². The molecular weight excluding hydrogens is 232 g/mol. The number of thiophene rings is 1. The van der Waals surface area contributed by atoms with Crippen molar-refractivity contribution in [3.05, 3.63) is 21.3 Å². The van der Waals surface area contributed by atoms with Crippen molar-refractivity contribution in [2.24, 2.45) is 5.73 Å². The molecule has 1 aromatic rings.